The summed E-state index contributed by atoms with van der Waals surface area (Å²) in [6.07, 6.45) is 12.4. The highest BCUT2D eigenvalue weighted by Crippen LogP contribution is 2.15. The summed E-state index contributed by atoms with van der Waals surface area (Å²) in [6, 6.07) is 0. The fourth-order valence-electron chi connectivity index (χ4n) is 2.47. The van der Waals surface area contributed by atoms with E-state index in [4.69, 9.17) is 5.84 Å². The lowest BCUT2D eigenvalue weighted by atomic mass is 10.0. The maximum atomic E-state index is 6.18. The van der Waals surface area contributed by atoms with Gasteiger partial charge in [-0.05, 0) is 38.0 Å². The van der Waals surface area contributed by atoms with E-state index < -0.39 is 0 Å². The van der Waals surface area contributed by atoms with E-state index in [0.717, 1.165) is 24.8 Å². The summed E-state index contributed by atoms with van der Waals surface area (Å²) in [5.41, 5.74) is 1.32. The molecular weight excluding hydrogens is 244 g/mol. The Morgan fingerprint density at radius 2 is 1.45 bits per heavy atom. The lowest BCUT2D eigenvalue weighted by Gasteiger charge is -2.22. The molecule has 0 bridgehead atoms. The van der Waals surface area contributed by atoms with Gasteiger partial charge in [-0.2, -0.15) is 0 Å². The molecule has 0 unspecified atom stereocenters. The number of hydrazine groups is 1. The molecule has 0 aromatic carbocycles. The van der Waals surface area contributed by atoms with E-state index in [0.29, 0.717) is 0 Å². The van der Waals surface area contributed by atoms with E-state index in [1.54, 1.807) is 0 Å². The van der Waals surface area contributed by atoms with Crippen molar-refractivity contribution in [2.24, 2.45) is 17.7 Å². The molecule has 0 saturated heterocycles. The van der Waals surface area contributed by atoms with E-state index in [1.807, 2.05) is 5.01 Å². The van der Waals surface area contributed by atoms with Gasteiger partial charge in [0.15, 0.2) is 0 Å². The van der Waals surface area contributed by atoms with Crippen LogP contribution in [0.5, 0.6) is 0 Å². The molecular formula is C18H38N2. The Bertz CT molecular complexity index is 244. The molecule has 2 N–H and O–H groups in total. The van der Waals surface area contributed by atoms with E-state index in [-0.39, 0.29) is 0 Å². The highest BCUT2D eigenvalue weighted by molar-refractivity contribution is 4.97. The van der Waals surface area contributed by atoms with Crippen LogP contribution < -0.4 is 5.84 Å². The fraction of sp³-hybridized carbons (Fsp3) is 0.889. The number of unbranched alkanes of at least 4 members (excludes halogenated alkanes) is 3. The minimum atomic E-state index is 0.819. The number of hydrogen-bond donors (Lipinski definition) is 1. The normalized spacial score (nSPS) is 12.5. The molecule has 2 nitrogen and oxygen atoms in total. The Balaban J connectivity index is 3.72. The maximum absolute atomic E-state index is 6.18. The van der Waals surface area contributed by atoms with Crippen LogP contribution in [0.15, 0.2) is 11.8 Å². The molecule has 0 amide bonds. The standard InChI is InChI=1S/C18H38N2/c1-6-18(14-10-9-13-17(4)5)20(19)15-11-7-8-12-16(2)3/h6,16-17H,7-15,19H2,1-5H3/b18-6-. The summed E-state index contributed by atoms with van der Waals surface area (Å²) in [4.78, 5) is 0. The maximum Gasteiger partial charge on any atom is 0.0338 e. The number of nitrogens with zero attached hydrogens (tertiary/aromatic N) is 1. The first-order chi connectivity index (χ1) is 9.47. The van der Waals surface area contributed by atoms with Gasteiger partial charge in [0.05, 0.1) is 0 Å². The molecule has 0 fully saturated rings. The first kappa shape index (κ1) is 19.5. The van der Waals surface area contributed by atoms with Crippen molar-refractivity contribution in [2.75, 3.05) is 6.54 Å². The number of allylic oxidation sites excluding steroid dienone is 2. The van der Waals surface area contributed by atoms with Gasteiger partial charge < -0.3 is 5.01 Å². The summed E-state index contributed by atoms with van der Waals surface area (Å²) >= 11 is 0. The Morgan fingerprint density at radius 3 is 1.95 bits per heavy atom. The second kappa shape index (κ2) is 12.3. The van der Waals surface area contributed by atoms with Crippen LogP contribution in [-0.4, -0.2) is 11.6 Å². The molecule has 0 rings (SSSR count). The van der Waals surface area contributed by atoms with Gasteiger partial charge in [-0.15, -0.1) is 0 Å². The van der Waals surface area contributed by atoms with Crippen molar-refractivity contribution < 1.29 is 0 Å². The van der Waals surface area contributed by atoms with Gasteiger partial charge in [0.2, 0.25) is 0 Å². The van der Waals surface area contributed by atoms with Crippen molar-refractivity contribution in [2.45, 2.75) is 86.0 Å². The van der Waals surface area contributed by atoms with Crippen molar-refractivity contribution in [3.63, 3.8) is 0 Å². The average Bonchev–Trinajstić information content (AvgIpc) is 2.37. The zero-order chi connectivity index (χ0) is 15.4. The first-order valence-corrected chi connectivity index (χ1v) is 8.64. The quantitative estimate of drug-likeness (QED) is 0.291. The van der Waals surface area contributed by atoms with Gasteiger partial charge in [0.1, 0.15) is 0 Å². The molecule has 0 aliphatic heterocycles. The molecule has 0 aromatic rings. The van der Waals surface area contributed by atoms with Crippen LogP contribution in [0.1, 0.15) is 86.0 Å². The summed E-state index contributed by atoms with van der Waals surface area (Å²) in [7, 11) is 0. The lowest BCUT2D eigenvalue weighted by Crippen LogP contribution is -2.31. The average molecular weight is 283 g/mol. The molecule has 0 saturated carbocycles. The second-order valence-electron chi connectivity index (χ2n) is 6.86. The fourth-order valence-corrected chi connectivity index (χ4v) is 2.47. The van der Waals surface area contributed by atoms with E-state index in [2.05, 4.69) is 40.7 Å². The highest BCUT2D eigenvalue weighted by Gasteiger charge is 2.05. The van der Waals surface area contributed by atoms with Crippen LogP contribution in [0.4, 0.5) is 0 Å². The van der Waals surface area contributed by atoms with E-state index >= 15 is 0 Å². The van der Waals surface area contributed by atoms with Crippen LogP contribution in [0.3, 0.4) is 0 Å². The van der Waals surface area contributed by atoms with Crippen LogP contribution >= 0.6 is 0 Å². The zero-order valence-corrected chi connectivity index (χ0v) is 14.6. The highest BCUT2D eigenvalue weighted by atomic mass is 15.4. The molecule has 0 aliphatic rings. The molecule has 20 heavy (non-hydrogen) atoms. The van der Waals surface area contributed by atoms with E-state index in [1.165, 1.54) is 50.6 Å². The van der Waals surface area contributed by atoms with Crippen LogP contribution in [0.2, 0.25) is 0 Å². The third kappa shape index (κ3) is 11.3. The SMILES string of the molecule is C/C=C(/CCCCC(C)C)N(N)CCCCCC(C)C. The van der Waals surface area contributed by atoms with Crippen LogP contribution in [-0.2, 0) is 0 Å². The predicted octanol–water partition coefficient (Wildman–Crippen LogP) is 5.50. The molecule has 0 radical (unpaired) electrons. The van der Waals surface area contributed by atoms with Crippen molar-refractivity contribution in [1.29, 1.82) is 0 Å². The molecule has 0 atom stereocenters. The Kier molecular flexibility index (Phi) is 12.0. The Morgan fingerprint density at radius 1 is 0.900 bits per heavy atom. The number of rotatable bonds is 12. The topological polar surface area (TPSA) is 29.3 Å². The molecule has 0 aromatic heterocycles. The minimum absolute atomic E-state index is 0.819. The summed E-state index contributed by atoms with van der Waals surface area (Å²) in [6.45, 7) is 12.3. The van der Waals surface area contributed by atoms with Gasteiger partial charge in [0.25, 0.3) is 0 Å². The smallest absolute Gasteiger partial charge is 0.0338 e. The van der Waals surface area contributed by atoms with Crippen molar-refractivity contribution >= 4 is 0 Å². The van der Waals surface area contributed by atoms with Gasteiger partial charge in [-0.25, -0.2) is 5.84 Å². The monoisotopic (exact) mass is 282 g/mol. The third-order valence-corrected chi connectivity index (χ3v) is 3.85. The number of hydrogen-bond acceptors (Lipinski definition) is 2. The lowest BCUT2D eigenvalue weighted by molar-refractivity contribution is 0.327. The number of nitrogens with two attached hydrogens (primary N) is 1. The molecule has 2 heteroatoms. The van der Waals surface area contributed by atoms with Crippen molar-refractivity contribution in [1.82, 2.24) is 5.01 Å². The van der Waals surface area contributed by atoms with Gasteiger partial charge in [-0.1, -0.05) is 65.9 Å². The second-order valence-corrected chi connectivity index (χ2v) is 6.86. The summed E-state index contributed by atoms with van der Waals surface area (Å²) in [5, 5.41) is 1.98. The summed E-state index contributed by atoms with van der Waals surface area (Å²) < 4.78 is 0. The summed E-state index contributed by atoms with van der Waals surface area (Å²) in [5.74, 6) is 7.83. The zero-order valence-electron chi connectivity index (χ0n) is 14.6. The molecule has 0 heterocycles. The van der Waals surface area contributed by atoms with Gasteiger partial charge >= 0.3 is 0 Å². The van der Waals surface area contributed by atoms with Crippen molar-refractivity contribution in [3.8, 4) is 0 Å². The first-order valence-electron chi connectivity index (χ1n) is 8.64. The Labute approximate surface area is 127 Å². The largest absolute Gasteiger partial charge is 0.316 e. The van der Waals surface area contributed by atoms with Gasteiger partial charge in [0, 0.05) is 12.2 Å². The predicted molar refractivity (Wildman–Crippen MR) is 91.3 cm³/mol. The Hall–Kier alpha value is -0.500. The van der Waals surface area contributed by atoms with Crippen molar-refractivity contribution in [3.05, 3.63) is 11.8 Å². The molecule has 0 aliphatic carbocycles. The van der Waals surface area contributed by atoms with E-state index in [9.17, 15) is 0 Å². The minimum Gasteiger partial charge on any atom is -0.316 e. The van der Waals surface area contributed by atoms with Crippen LogP contribution in [0, 0.1) is 11.8 Å². The van der Waals surface area contributed by atoms with Gasteiger partial charge in [-0.3, -0.25) is 0 Å². The van der Waals surface area contributed by atoms with Crippen LogP contribution in [0.25, 0.3) is 0 Å². The molecule has 120 valence electrons. The third-order valence-electron chi connectivity index (χ3n) is 3.85. The molecule has 0 spiro atoms.